The largest absolute Gasteiger partial charge is 0.468 e. The van der Waals surface area contributed by atoms with Gasteiger partial charge in [0.25, 0.3) is 0 Å². The molecule has 1 aromatic heterocycles. The number of guanidine groups is 1. The zero-order valence-electron chi connectivity index (χ0n) is 19.5. The van der Waals surface area contributed by atoms with E-state index in [1.165, 1.54) is 11.1 Å². The SMILES string of the molecule is CCN(CC)C(CNC(=NC)NCc1ccccc1CN1CCOCC1)c1ccco1.I. The molecule has 8 heteroatoms. The van der Waals surface area contributed by atoms with Crippen LogP contribution in [0.5, 0.6) is 0 Å². The van der Waals surface area contributed by atoms with Crippen molar-refractivity contribution in [1.82, 2.24) is 20.4 Å². The molecule has 0 amide bonds. The Morgan fingerprint density at radius 3 is 2.41 bits per heavy atom. The summed E-state index contributed by atoms with van der Waals surface area (Å²) in [5.74, 6) is 1.77. The highest BCUT2D eigenvalue weighted by Crippen LogP contribution is 2.20. The minimum Gasteiger partial charge on any atom is -0.468 e. The third-order valence-corrected chi connectivity index (χ3v) is 5.87. The van der Waals surface area contributed by atoms with Gasteiger partial charge in [-0.2, -0.15) is 0 Å². The average Bonchev–Trinajstić information content (AvgIpc) is 3.34. The van der Waals surface area contributed by atoms with E-state index in [1.807, 2.05) is 19.2 Å². The highest BCUT2D eigenvalue weighted by Gasteiger charge is 2.21. The van der Waals surface area contributed by atoms with Crippen molar-refractivity contribution in [2.24, 2.45) is 4.99 Å². The van der Waals surface area contributed by atoms with Gasteiger partial charge in [-0.15, -0.1) is 24.0 Å². The summed E-state index contributed by atoms with van der Waals surface area (Å²) in [6, 6.07) is 12.8. The molecule has 3 rings (SSSR count). The summed E-state index contributed by atoms with van der Waals surface area (Å²) in [7, 11) is 1.81. The molecule has 0 saturated carbocycles. The Morgan fingerprint density at radius 2 is 1.78 bits per heavy atom. The number of morpholine rings is 1. The molecule has 1 atom stereocenters. The fourth-order valence-electron chi connectivity index (χ4n) is 4.03. The van der Waals surface area contributed by atoms with Crippen molar-refractivity contribution in [1.29, 1.82) is 0 Å². The predicted molar refractivity (Wildman–Crippen MR) is 141 cm³/mol. The van der Waals surface area contributed by atoms with Gasteiger partial charge in [-0.3, -0.25) is 14.8 Å². The lowest BCUT2D eigenvalue weighted by Crippen LogP contribution is -2.43. The van der Waals surface area contributed by atoms with E-state index in [4.69, 9.17) is 9.15 Å². The summed E-state index contributed by atoms with van der Waals surface area (Å²) in [5, 5.41) is 6.97. The summed E-state index contributed by atoms with van der Waals surface area (Å²) >= 11 is 0. The van der Waals surface area contributed by atoms with Gasteiger partial charge in [-0.05, 0) is 36.3 Å². The summed E-state index contributed by atoms with van der Waals surface area (Å²) in [6.07, 6.45) is 1.74. The minimum absolute atomic E-state index is 0. The Balaban J connectivity index is 0.00000363. The maximum absolute atomic E-state index is 5.71. The van der Waals surface area contributed by atoms with Crippen molar-refractivity contribution < 1.29 is 9.15 Å². The molecular formula is C24H38IN5O2. The third-order valence-electron chi connectivity index (χ3n) is 5.87. The lowest BCUT2D eigenvalue weighted by Gasteiger charge is -2.29. The zero-order chi connectivity index (χ0) is 21.9. The predicted octanol–water partition coefficient (Wildman–Crippen LogP) is 3.48. The standard InChI is InChI=1S/C24H37N5O2.HI/c1-4-29(5-2)22(23-11-8-14-31-23)18-27-24(25-3)26-17-20-9-6-7-10-21(20)19-28-12-15-30-16-13-28;/h6-11,14,22H,4-5,12-13,15-19H2,1-3H3,(H2,25,26,27);1H. The van der Waals surface area contributed by atoms with Crippen LogP contribution in [0.25, 0.3) is 0 Å². The molecule has 1 fully saturated rings. The first kappa shape index (κ1) is 26.6. The number of nitrogens with zero attached hydrogens (tertiary/aromatic N) is 3. The molecule has 0 radical (unpaired) electrons. The van der Waals surface area contributed by atoms with Crippen LogP contribution >= 0.6 is 24.0 Å². The topological polar surface area (TPSA) is 65.3 Å². The molecule has 1 aliphatic heterocycles. The van der Waals surface area contributed by atoms with Crippen molar-refractivity contribution in [2.45, 2.75) is 33.0 Å². The maximum atomic E-state index is 5.71. The first-order chi connectivity index (χ1) is 15.2. The molecule has 2 heterocycles. The van der Waals surface area contributed by atoms with Gasteiger partial charge >= 0.3 is 0 Å². The maximum Gasteiger partial charge on any atom is 0.191 e. The van der Waals surface area contributed by atoms with Gasteiger partial charge in [-0.1, -0.05) is 38.1 Å². The first-order valence-electron chi connectivity index (χ1n) is 11.3. The van der Waals surface area contributed by atoms with Crippen molar-refractivity contribution in [2.75, 3.05) is 53.0 Å². The molecule has 2 aromatic rings. The highest BCUT2D eigenvalue weighted by atomic mass is 127. The van der Waals surface area contributed by atoms with Gasteiger partial charge in [0, 0.05) is 39.8 Å². The van der Waals surface area contributed by atoms with E-state index in [9.17, 15) is 0 Å². The van der Waals surface area contributed by atoms with Crippen molar-refractivity contribution >= 4 is 29.9 Å². The normalized spacial score (nSPS) is 15.9. The Labute approximate surface area is 209 Å². The molecule has 1 saturated heterocycles. The lowest BCUT2D eigenvalue weighted by molar-refractivity contribution is 0.0341. The number of nitrogens with one attached hydrogen (secondary N) is 2. The van der Waals surface area contributed by atoms with Crippen LogP contribution in [0.1, 0.15) is 36.8 Å². The molecule has 32 heavy (non-hydrogen) atoms. The fourth-order valence-corrected chi connectivity index (χ4v) is 4.03. The van der Waals surface area contributed by atoms with E-state index in [1.54, 1.807) is 6.26 Å². The Morgan fingerprint density at radius 1 is 1.06 bits per heavy atom. The second kappa shape index (κ2) is 14.5. The molecule has 1 unspecified atom stereocenters. The van der Waals surface area contributed by atoms with Crippen LogP contribution in [0.3, 0.4) is 0 Å². The van der Waals surface area contributed by atoms with Crippen LogP contribution in [0.15, 0.2) is 52.1 Å². The summed E-state index contributed by atoms with van der Waals surface area (Å²) in [4.78, 5) is 9.27. The average molecular weight is 556 g/mol. The van der Waals surface area contributed by atoms with Crippen LogP contribution in [0.4, 0.5) is 0 Å². The number of hydrogen-bond donors (Lipinski definition) is 2. The molecule has 2 N–H and O–H groups in total. The molecule has 7 nitrogen and oxygen atoms in total. The van der Waals surface area contributed by atoms with Crippen LogP contribution in [0, 0.1) is 0 Å². The molecule has 1 aliphatic rings. The minimum atomic E-state index is 0. The van der Waals surface area contributed by atoms with Gasteiger partial charge in [0.2, 0.25) is 0 Å². The van der Waals surface area contributed by atoms with E-state index in [2.05, 4.69) is 63.5 Å². The van der Waals surface area contributed by atoms with E-state index < -0.39 is 0 Å². The number of halogens is 1. The molecule has 0 aliphatic carbocycles. The van der Waals surface area contributed by atoms with Gasteiger partial charge in [0.1, 0.15) is 5.76 Å². The van der Waals surface area contributed by atoms with E-state index in [-0.39, 0.29) is 30.0 Å². The number of rotatable bonds is 10. The Bertz CT molecular complexity index is 789. The smallest absolute Gasteiger partial charge is 0.191 e. The summed E-state index contributed by atoms with van der Waals surface area (Å²) in [5.41, 5.74) is 2.65. The van der Waals surface area contributed by atoms with Crippen molar-refractivity contribution in [3.05, 3.63) is 59.5 Å². The van der Waals surface area contributed by atoms with Crippen LogP contribution in [-0.4, -0.2) is 68.7 Å². The fraction of sp³-hybridized carbons (Fsp3) is 0.542. The monoisotopic (exact) mass is 555 g/mol. The Kier molecular flexibility index (Phi) is 12.1. The van der Waals surface area contributed by atoms with Gasteiger partial charge in [0.05, 0.1) is 25.5 Å². The second-order valence-electron chi connectivity index (χ2n) is 7.72. The van der Waals surface area contributed by atoms with Gasteiger partial charge < -0.3 is 19.8 Å². The number of benzene rings is 1. The number of ether oxygens (including phenoxy) is 1. The number of furan rings is 1. The van der Waals surface area contributed by atoms with Crippen LogP contribution < -0.4 is 10.6 Å². The van der Waals surface area contributed by atoms with Gasteiger partial charge in [0.15, 0.2) is 5.96 Å². The number of aliphatic imine (C=N–C) groups is 1. The van der Waals surface area contributed by atoms with E-state index >= 15 is 0 Å². The van der Waals surface area contributed by atoms with Crippen molar-refractivity contribution in [3.63, 3.8) is 0 Å². The van der Waals surface area contributed by atoms with Gasteiger partial charge in [-0.25, -0.2) is 0 Å². The van der Waals surface area contributed by atoms with Crippen LogP contribution in [-0.2, 0) is 17.8 Å². The summed E-state index contributed by atoms with van der Waals surface area (Å²) < 4.78 is 11.2. The highest BCUT2D eigenvalue weighted by molar-refractivity contribution is 14.0. The van der Waals surface area contributed by atoms with Crippen molar-refractivity contribution in [3.8, 4) is 0 Å². The number of likely N-dealkylation sites (N-methyl/N-ethyl adjacent to an activating group) is 1. The quantitative estimate of drug-likeness (QED) is 0.266. The second-order valence-corrected chi connectivity index (χ2v) is 7.72. The number of hydrogen-bond acceptors (Lipinski definition) is 5. The van der Waals surface area contributed by atoms with Crippen LogP contribution in [0.2, 0.25) is 0 Å². The van der Waals surface area contributed by atoms with E-state index in [0.29, 0.717) is 0 Å². The third kappa shape index (κ3) is 7.75. The Hall–Kier alpha value is -1.62. The zero-order valence-corrected chi connectivity index (χ0v) is 21.9. The molecular weight excluding hydrogens is 517 g/mol. The first-order valence-corrected chi connectivity index (χ1v) is 11.3. The molecule has 178 valence electrons. The summed E-state index contributed by atoms with van der Waals surface area (Å²) in [6.45, 7) is 12.3. The molecule has 0 bridgehead atoms. The molecule has 0 spiro atoms. The lowest BCUT2D eigenvalue weighted by atomic mass is 10.1. The molecule has 1 aromatic carbocycles. The van der Waals surface area contributed by atoms with E-state index in [0.717, 1.165) is 70.7 Å².